The van der Waals surface area contributed by atoms with Crippen LogP contribution < -0.4 is 4.72 Å². The van der Waals surface area contributed by atoms with Crippen LogP contribution in [-0.2, 0) is 30.1 Å². The number of nitrogens with zero attached hydrogens (tertiary/aromatic N) is 2. The van der Waals surface area contributed by atoms with Gasteiger partial charge in [0.05, 0.1) is 6.61 Å². The molecule has 104 valence electrons. The molecule has 0 atom stereocenters. The summed E-state index contributed by atoms with van der Waals surface area (Å²) in [5.74, 6) is 0.824. The first-order valence-electron chi connectivity index (χ1n) is 5.67. The molecule has 0 aromatic carbocycles. The Labute approximate surface area is 115 Å². The molecule has 6 nitrogen and oxygen atoms in total. The van der Waals surface area contributed by atoms with E-state index in [0.717, 1.165) is 17.2 Å². The van der Waals surface area contributed by atoms with Crippen molar-refractivity contribution in [1.82, 2.24) is 14.3 Å². The third-order valence-corrected chi connectivity index (χ3v) is 5.59. The molecule has 0 aliphatic heterocycles. The number of sulfonamides is 1. The van der Waals surface area contributed by atoms with Gasteiger partial charge >= 0.3 is 0 Å². The molecule has 0 saturated heterocycles. The first kappa shape index (κ1) is 14.2. The molecule has 2 aromatic heterocycles. The Morgan fingerprint density at radius 2 is 2.32 bits per heavy atom. The molecule has 0 aliphatic rings. The monoisotopic (exact) mass is 301 g/mol. The second-order valence-corrected chi connectivity index (χ2v) is 6.94. The lowest BCUT2D eigenvalue weighted by Crippen LogP contribution is -2.26. The number of imidazole rings is 1. The molecule has 2 N–H and O–H groups in total. The minimum absolute atomic E-state index is 0.153. The summed E-state index contributed by atoms with van der Waals surface area (Å²) in [6.07, 6.45) is 4.02. The Kier molecular flexibility index (Phi) is 4.35. The summed E-state index contributed by atoms with van der Waals surface area (Å²) in [6.45, 7) is 0.138. The predicted molar refractivity (Wildman–Crippen MR) is 72.3 cm³/mol. The van der Waals surface area contributed by atoms with E-state index in [0.29, 0.717) is 18.5 Å². The third-order valence-electron chi connectivity index (χ3n) is 2.64. The summed E-state index contributed by atoms with van der Waals surface area (Å²) in [6, 6.07) is 1.48. The number of aryl methyl sites for hydroxylation is 1. The highest BCUT2D eigenvalue weighted by atomic mass is 32.2. The van der Waals surface area contributed by atoms with Gasteiger partial charge in [-0.15, -0.1) is 11.3 Å². The van der Waals surface area contributed by atoms with Crippen molar-refractivity contribution in [2.75, 3.05) is 6.54 Å². The maximum atomic E-state index is 12.0. The summed E-state index contributed by atoms with van der Waals surface area (Å²) >= 11 is 1.10. The standard InChI is InChI=1S/C11H15N3O3S2/c1-14-5-4-12-10(14)2-3-13-19(16,17)11-6-9(7-15)8-18-11/h4-6,8,13,15H,2-3,7H2,1H3. The molecule has 0 spiro atoms. The van der Waals surface area contributed by atoms with Crippen LogP contribution in [0.5, 0.6) is 0 Å². The number of rotatable bonds is 6. The van der Waals surface area contributed by atoms with Crippen molar-refractivity contribution in [2.24, 2.45) is 7.05 Å². The predicted octanol–water partition coefficient (Wildman–Crippen LogP) is 0.495. The molecule has 0 amide bonds. The fourth-order valence-corrected chi connectivity index (χ4v) is 3.86. The summed E-state index contributed by atoms with van der Waals surface area (Å²) in [4.78, 5) is 4.12. The Morgan fingerprint density at radius 3 is 2.89 bits per heavy atom. The van der Waals surface area contributed by atoms with Gasteiger partial charge in [-0.1, -0.05) is 0 Å². The van der Waals surface area contributed by atoms with E-state index in [1.165, 1.54) is 6.07 Å². The zero-order valence-corrected chi connectivity index (χ0v) is 12.0. The average Bonchev–Trinajstić information content (AvgIpc) is 2.99. The molecule has 0 fully saturated rings. The molecule has 8 heteroatoms. The summed E-state index contributed by atoms with van der Waals surface area (Å²) in [5.41, 5.74) is 0.606. The van der Waals surface area contributed by atoms with Crippen LogP contribution in [0.25, 0.3) is 0 Å². The van der Waals surface area contributed by atoms with Crippen LogP contribution in [0.3, 0.4) is 0 Å². The third kappa shape index (κ3) is 3.41. The second kappa shape index (κ2) is 5.83. The lowest BCUT2D eigenvalue weighted by atomic mass is 10.4. The molecule has 0 radical (unpaired) electrons. The van der Waals surface area contributed by atoms with Crippen LogP contribution in [0.4, 0.5) is 0 Å². The molecular weight excluding hydrogens is 286 g/mol. The van der Waals surface area contributed by atoms with E-state index in [4.69, 9.17) is 5.11 Å². The number of aromatic nitrogens is 2. The fourth-order valence-electron chi connectivity index (χ4n) is 1.58. The van der Waals surface area contributed by atoms with Gasteiger partial charge in [-0.25, -0.2) is 18.1 Å². The highest BCUT2D eigenvalue weighted by Gasteiger charge is 2.16. The highest BCUT2D eigenvalue weighted by molar-refractivity contribution is 7.91. The Bertz CT molecular complexity index is 646. The van der Waals surface area contributed by atoms with Crippen LogP contribution in [-0.4, -0.2) is 29.6 Å². The Balaban J connectivity index is 1.96. The van der Waals surface area contributed by atoms with Gasteiger partial charge < -0.3 is 9.67 Å². The van der Waals surface area contributed by atoms with Crippen molar-refractivity contribution < 1.29 is 13.5 Å². The van der Waals surface area contributed by atoms with E-state index in [1.807, 2.05) is 17.8 Å². The Morgan fingerprint density at radius 1 is 1.53 bits per heavy atom. The number of aliphatic hydroxyl groups excluding tert-OH is 1. The van der Waals surface area contributed by atoms with Crippen LogP contribution in [0.1, 0.15) is 11.4 Å². The molecular formula is C11H15N3O3S2. The number of aliphatic hydroxyl groups is 1. The van der Waals surface area contributed by atoms with E-state index in [-0.39, 0.29) is 10.8 Å². The molecule has 0 unspecified atom stereocenters. The lowest BCUT2D eigenvalue weighted by Gasteiger charge is -2.04. The van der Waals surface area contributed by atoms with E-state index in [1.54, 1.807) is 11.6 Å². The van der Waals surface area contributed by atoms with Gasteiger partial charge in [0.2, 0.25) is 10.0 Å². The van der Waals surface area contributed by atoms with Gasteiger partial charge in [0.15, 0.2) is 0 Å². The lowest BCUT2D eigenvalue weighted by molar-refractivity contribution is 0.282. The number of thiophene rings is 1. The molecule has 2 rings (SSSR count). The van der Waals surface area contributed by atoms with E-state index in [2.05, 4.69) is 9.71 Å². The van der Waals surface area contributed by atoms with Crippen molar-refractivity contribution in [3.8, 4) is 0 Å². The maximum absolute atomic E-state index is 12.0. The van der Waals surface area contributed by atoms with Gasteiger partial charge in [0, 0.05) is 32.4 Å². The fraction of sp³-hybridized carbons (Fsp3) is 0.364. The number of hydrogen-bond donors (Lipinski definition) is 2. The first-order valence-corrected chi connectivity index (χ1v) is 8.03. The van der Waals surface area contributed by atoms with Gasteiger partial charge in [0.25, 0.3) is 0 Å². The quantitative estimate of drug-likeness (QED) is 0.813. The SMILES string of the molecule is Cn1ccnc1CCNS(=O)(=O)c1cc(CO)cs1. The molecule has 2 aromatic rings. The van der Waals surface area contributed by atoms with E-state index >= 15 is 0 Å². The van der Waals surface area contributed by atoms with Crippen molar-refractivity contribution in [2.45, 2.75) is 17.2 Å². The molecule has 0 bridgehead atoms. The molecule has 0 saturated carbocycles. The van der Waals surface area contributed by atoms with E-state index < -0.39 is 10.0 Å². The smallest absolute Gasteiger partial charge is 0.250 e. The van der Waals surface area contributed by atoms with Crippen molar-refractivity contribution in [3.05, 3.63) is 35.2 Å². The van der Waals surface area contributed by atoms with Crippen LogP contribution in [0.15, 0.2) is 28.0 Å². The average molecular weight is 301 g/mol. The van der Waals surface area contributed by atoms with Gasteiger partial charge in [0.1, 0.15) is 10.0 Å². The normalized spacial score (nSPS) is 11.9. The van der Waals surface area contributed by atoms with Gasteiger partial charge in [-0.3, -0.25) is 0 Å². The zero-order chi connectivity index (χ0) is 13.9. The van der Waals surface area contributed by atoms with E-state index in [9.17, 15) is 8.42 Å². The van der Waals surface area contributed by atoms with Crippen molar-refractivity contribution in [3.63, 3.8) is 0 Å². The summed E-state index contributed by atoms with van der Waals surface area (Å²) < 4.78 is 28.5. The first-order chi connectivity index (χ1) is 9.03. The minimum atomic E-state index is -3.50. The molecule has 0 aliphatic carbocycles. The van der Waals surface area contributed by atoms with Gasteiger partial charge in [-0.05, 0) is 17.0 Å². The Hall–Kier alpha value is -1.22. The maximum Gasteiger partial charge on any atom is 0.250 e. The van der Waals surface area contributed by atoms with Crippen LogP contribution in [0.2, 0.25) is 0 Å². The zero-order valence-electron chi connectivity index (χ0n) is 10.4. The second-order valence-electron chi connectivity index (χ2n) is 4.03. The number of nitrogens with one attached hydrogen (secondary N) is 1. The minimum Gasteiger partial charge on any atom is -0.392 e. The molecule has 2 heterocycles. The van der Waals surface area contributed by atoms with Crippen LogP contribution in [0, 0.1) is 0 Å². The summed E-state index contributed by atoms with van der Waals surface area (Å²) in [5, 5.41) is 10.6. The highest BCUT2D eigenvalue weighted by Crippen LogP contribution is 2.19. The largest absolute Gasteiger partial charge is 0.392 e. The van der Waals surface area contributed by atoms with Crippen molar-refractivity contribution in [1.29, 1.82) is 0 Å². The van der Waals surface area contributed by atoms with Crippen LogP contribution >= 0.6 is 11.3 Å². The number of hydrogen-bond acceptors (Lipinski definition) is 5. The van der Waals surface area contributed by atoms with Gasteiger partial charge in [-0.2, -0.15) is 0 Å². The summed E-state index contributed by atoms with van der Waals surface area (Å²) in [7, 11) is -1.63. The molecule has 19 heavy (non-hydrogen) atoms. The topological polar surface area (TPSA) is 84.2 Å². The van der Waals surface area contributed by atoms with Crippen molar-refractivity contribution >= 4 is 21.4 Å².